The van der Waals surface area contributed by atoms with Crippen LogP contribution in [0.1, 0.15) is 43.7 Å². The second kappa shape index (κ2) is 5.86. The summed E-state index contributed by atoms with van der Waals surface area (Å²) >= 11 is 0. The van der Waals surface area contributed by atoms with E-state index in [1.165, 1.54) is 6.42 Å². The predicted octanol–water partition coefficient (Wildman–Crippen LogP) is 3.50. The van der Waals surface area contributed by atoms with E-state index in [1.54, 1.807) is 23.5 Å². The minimum absolute atomic E-state index is 0.135. The molecule has 0 N–H and O–H groups in total. The Morgan fingerprint density at radius 2 is 1.75 bits per heavy atom. The Morgan fingerprint density at radius 3 is 2.35 bits per heavy atom. The zero-order valence-corrected chi connectivity index (χ0v) is 13.7. The second-order valence-electron chi connectivity index (χ2n) is 6.10. The lowest BCUT2D eigenvalue weighted by Crippen LogP contribution is -2.42. The number of rotatable bonds is 3. The highest BCUT2D eigenvalue weighted by molar-refractivity contribution is 7.89. The normalized spacial score (nSPS) is 24.1. The van der Waals surface area contributed by atoms with E-state index in [0.29, 0.717) is 10.8 Å². The lowest BCUT2D eigenvalue weighted by molar-refractivity contribution is 0.213. The van der Waals surface area contributed by atoms with Crippen molar-refractivity contribution in [1.29, 1.82) is 0 Å². The summed E-state index contributed by atoms with van der Waals surface area (Å²) in [6.07, 6.45) is 4.44. The number of nitrogens with zero attached hydrogens (tertiary/aromatic N) is 1. The maximum atomic E-state index is 12.8. The third-order valence-electron chi connectivity index (χ3n) is 4.69. The highest BCUT2D eigenvalue weighted by Gasteiger charge is 2.32. The Morgan fingerprint density at radius 1 is 1.10 bits per heavy atom. The van der Waals surface area contributed by atoms with E-state index in [0.717, 1.165) is 30.4 Å². The van der Waals surface area contributed by atoms with Gasteiger partial charge >= 0.3 is 0 Å². The lowest BCUT2D eigenvalue weighted by Gasteiger charge is -2.35. The molecule has 1 aliphatic carbocycles. The van der Waals surface area contributed by atoms with E-state index in [2.05, 4.69) is 6.92 Å². The van der Waals surface area contributed by atoms with Crippen LogP contribution in [0, 0.1) is 19.8 Å². The summed E-state index contributed by atoms with van der Waals surface area (Å²) in [5.74, 6) is 0.440. The molecule has 0 radical (unpaired) electrons. The summed E-state index contributed by atoms with van der Waals surface area (Å²) in [7, 11) is -1.64. The van der Waals surface area contributed by atoms with Crippen molar-refractivity contribution in [2.45, 2.75) is 57.4 Å². The Hall–Kier alpha value is -0.870. The van der Waals surface area contributed by atoms with Crippen LogP contribution < -0.4 is 0 Å². The van der Waals surface area contributed by atoms with Gasteiger partial charge in [-0.2, -0.15) is 4.31 Å². The average Bonchev–Trinajstić information content (AvgIpc) is 2.41. The van der Waals surface area contributed by atoms with Crippen LogP contribution in [0.15, 0.2) is 23.1 Å². The van der Waals surface area contributed by atoms with Gasteiger partial charge in [-0.15, -0.1) is 0 Å². The van der Waals surface area contributed by atoms with Crippen molar-refractivity contribution in [3.63, 3.8) is 0 Å². The third kappa shape index (κ3) is 2.91. The zero-order valence-electron chi connectivity index (χ0n) is 12.9. The monoisotopic (exact) mass is 295 g/mol. The van der Waals surface area contributed by atoms with Gasteiger partial charge in [0.05, 0.1) is 4.90 Å². The molecular formula is C16H25NO2S. The summed E-state index contributed by atoms with van der Waals surface area (Å²) in [6.45, 7) is 6.12. The molecule has 1 aromatic rings. The van der Waals surface area contributed by atoms with Crippen LogP contribution in [0.5, 0.6) is 0 Å². The number of sulfonamides is 1. The highest BCUT2D eigenvalue weighted by atomic mass is 32.2. The average molecular weight is 295 g/mol. The molecule has 2 rings (SSSR count). The molecule has 1 saturated carbocycles. The Balaban J connectivity index is 2.31. The summed E-state index contributed by atoms with van der Waals surface area (Å²) < 4.78 is 27.1. The van der Waals surface area contributed by atoms with Crippen LogP contribution in [0.4, 0.5) is 0 Å². The topological polar surface area (TPSA) is 37.4 Å². The first-order valence-corrected chi connectivity index (χ1v) is 8.83. The van der Waals surface area contributed by atoms with Gasteiger partial charge < -0.3 is 0 Å². The van der Waals surface area contributed by atoms with Crippen LogP contribution in [0.2, 0.25) is 0 Å². The van der Waals surface area contributed by atoms with Gasteiger partial charge in [0, 0.05) is 13.1 Å². The number of hydrogen-bond donors (Lipinski definition) is 0. The van der Waals surface area contributed by atoms with Crippen LogP contribution in [-0.4, -0.2) is 25.8 Å². The van der Waals surface area contributed by atoms with Gasteiger partial charge in [0.15, 0.2) is 0 Å². The first-order valence-electron chi connectivity index (χ1n) is 7.39. The van der Waals surface area contributed by atoms with E-state index in [9.17, 15) is 8.42 Å². The van der Waals surface area contributed by atoms with E-state index >= 15 is 0 Å². The standard InChI is InChI=1S/C16H25NO2S/c1-12-9-10-15(11-14(12)3)20(18,19)17(4)16-8-6-5-7-13(16)2/h9-11,13,16H,5-8H2,1-4H3. The number of benzene rings is 1. The zero-order chi connectivity index (χ0) is 14.9. The molecule has 0 aliphatic heterocycles. The van der Waals surface area contributed by atoms with Crippen LogP contribution >= 0.6 is 0 Å². The molecule has 0 spiro atoms. The molecule has 4 heteroatoms. The smallest absolute Gasteiger partial charge is 0.207 e. The van der Waals surface area contributed by atoms with Crippen molar-refractivity contribution >= 4 is 10.0 Å². The van der Waals surface area contributed by atoms with Crippen LogP contribution in [-0.2, 0) is 10.0 Å². The minimum Gasteiger partial charge on any atom is -0.207 e. The first-order chi connectivity index (χ1) is 9.34. The van der Waals surface area contributed by atoms with E-state index < -0.39 is 10.0 Å². The van der Waals surface area contributed by atoms with E-state index in [1.807, 2.05) is 19.9 Å². The van der Waals surface area contributed by atoms with Crippen molar-refractivity contribution in [2.24, 2.45) is 5.92 Å². The fraction of sp³-hybridized carbons (Fsp3) is 0.625. The summed E-state index contributed by atoms with van der Waals surface area (Å²) in [4.78, 5) is 0.417. The predicted molar refractivity (Wildman–Crippen MR) is 82.3 cm³/mol. The van der Waals surface area contributed by atoms with Crippen LogP contribution in [0.3, 0.4) is 0 Å². The van der Waals surface area contributed by atoms with Gasteiger partial charge in [-0.25, -0.2) is 8.42 Å². The van der Waals surface area contributed by atoms with Crippen LogP contribution in [0.25, 0.3) is 0 Å². The molecule has 0 bridgehead atoms. The summed E-state index contributed by atoms with van der Waals surface area (Å²) in [5, 5.41) is 0. The molecular weight excluding hydrogens is 270 g/mol. The number of aryl methyl sites for hydroxylation is 2. The quantitative estimate of drug-likeness (QED) is 0.856. The van der Waals surface area contributed by atoms with Gasteiger partial charge in [0.1, 0.15) is 0 Å². The fourth-order valence-corrected chi connectivity index (χ4v) is 4.62. The van der Waals surface area contributed by atoms with Gasteiger partial charge in [-0.05, 0) is 55.9 Å². The molecule has 2 unspecified atom stereocenters. The molecule has 0 saturated heterocycles. The van der Waals surface area contributed by atoms with Gasteiger partial charge in [-0.3, -0.25) is 0 Å². The first kappa shape index (κ1) is 15.5. The van der Waals surface area contributed by atoms with E-state index in [-0.39, 0.29) is 6.04 Å². The van der Waals surface area contributed by atoms with Gasteiger partial charge in [0.25, 0.3) is 0 Å². The molecule has 0 aromatic heterocycles. The maximum absolute atomic E-state index is 12.8. The SMILES string of the molecule is Cc1ccc(S(=O)(=O)N(C)C2CCCCC2C)cc1C. The molecule has 1 fully saturated rings. The fourth-order valence-electron chi connectivity index (χ4n) is 3.06. The van der Waals surface area contributed by atoms with Crippen molar-refractivity contribution in [2.75, 3.05) is 7.05 Å². The molecule has 112 valence electrons. The summed E-state index contributed by atoms with van der Waals surface area (Å²) in [6, 6.07) is 5.53. The Bertz CT molecular complexity index is 580. The molecule has 0 amide bonds. The van der Waals surface area contributed by atoms with Gasteiger partial charge in [0.2, 0.25) is 10.0 Å². The second-order valence-corrected chi connectivity index (χ2v) is 8.09. The van der Waals surface area contributed by atoms with Gasteiger partial charge in [-0.1, -0.05) is 25.8 Å². The molecule has 1 aliphatic rings. The Kier molecular flexibility index (Phi) is 4.55. The molecule has 20 heavy (non-hydrogen) atoms. The highest BCUT2D eigenvalue weighted by Crippen LogP contribution is 2.31. The van der Waals surface area contributed by atoms with E-state index in [4.69, 9.17) is 0 Å². The number of hydrogen-bond acceptors (Lipinski definition) is 2. The lowest BCUT2D eigenvalue weighted by atomic mass is 9.86. The van der Waals surface area contributed by atoms with Crippen molar-refractivity contribution in [3.8, 4) is 0 Å². The summed E-state index contributed by atoms with van der Waals surface area (Å²) in [5.41, 5.74) is 2.15. The van der Waals surface area contributed by atoms with Crippen molar-refractivity contribution < 1.29 is 8.42 Å². The van der Waals surface area contributed by atoms with Crippen molar-refractivity contribution in [3.05, 3.63) is 29.3 Å². The molecule has 2 atom stereocenters. The maximum Gasteiger partial charge on any atom is 0.243 e. The molecule has 3 nitrogen and oxygen atoms in total. The van der Waals surface area contributed by atoms with Crippen molar-refractivity contribution in [1.82, 2.24) is 4.31 Å². The molecule has 0 heterocycles. The largest absolute Gasteiger partial charge is 0.243 e. The Labute approximate surface area is 123 Å². The minimum atomic E-state index is -3.38. The third-order valence-corrected chi connectivity index (χ3v) is 6.57. The molecule has 1 aromatic carbocycles.